The third-order valence-electron chi connectivity index (χ3n) is 3.38. The maximum absolute atomic E-state index is 5.27. The van der Waals surface area contributed by atoms with Crippen LogP contribution in [0.2, 0.25) is 0 Å². The maximum Gasteiger partial charge on any atom is 0.0507 e. The number of piperidine rings is 1. The van der Waals surface area contributed by atoms with Crippen LogP contribution in [-0.4, -0.2) is 26.8 Å². The number of methoxy groups -OCH3 is 1. The Morgan fingerprint density at radius 1 is 1.35 bits per heavy atom. The highest BCUT2D eigenvalue weighted by Gasteiger charge is 2.19. The quantitative estimate of drug-likeness (QED) is 0.790. The SMILES string of the molecule is COCC1CCCN(c2ccc(CBr)cc2)C1. The van der Waals surface area contributed by atoms with E-state index >= 15 is 0 Å². The first-order valence-corrected chi connectivity index (χ1v) is 7.34. The number of hydrogen-bond acceptors (Lipinski definition) is 2. The highest BCUT2D eigenvalue weighted by molar-refractivity contribution is 9.08. The zero-order valence-corrected chi connectivity index (χ0v) is 11.9. The molecule has 0 spiro atoms. The monoisotopic (exact) mass is 297 g/mol. The Morgan fingerprint density at radius 2 is 2.12 bits per heavy atom. The van der Waals surface area contributed by atoms with Crippen LogP contribution in [0.1, 0.15) is 18.4 Å². The number of rotatable bonds is 4. The zero-order chi connectivity index (χ0) is 12.1. The lowest BCUT2D eigenvalue weighted by molar-refractivity contribution is 0.143. The molecule has 1 unspecified atom stereocenters. The topological polar surface area (TPSA) is 12.5 Å². The van der Waals surface area contributed by atoms with Crippen LogP contribution in [0.5, 0.6) is 0 Å². The number of ether oxygens (including phenoxy) is 1. The molecule has 1 saturated heterocycles. The van der Waals surface area contributed by atoms with E-state index in [1.54, 1.807) is 7.11 Å². The second kappa shape index (κ2) is 6.41. The molecular formula is C14H20BrNO. The van der Waals surface area contributed by atoms with Crippen molar-refractivity contribution in [2.75, 3.05) is 31.7 Å². The summed E-state index contributed by atoms with van der Waals surface area (Å²) < 4.78 is 5.27. The number of alkyl halides is 1. The molecule has 0 saturated carbocycles. The summed E-state index contributed by atoms with van der Waals surface area (Å²) in [5.41, 5.74) is 2.68. The molecule has 0 aliphatic carbocycles. The summed E-state index contributed by atoms with van der Waals surface area (Å²) in [6, 6.07) is 8.85. The van der Waals surface area contributed by atoms with Gasteiger partial charge in [-0.15, -0.1) is 0 Å². The molecule has 0 radical (unpaired) electrons. The fourth-order valence-electron chi connectivity index (χ4n) is 2.47. The molecule has 1 aromatic carbocycles. The summed E-state index contributed by atoms with van der Waals surface area (Å²) in [7, 11) is 1.80. The fourth-order valence-corrected chi connectivity index (χ4v) is 2.84. The van der Waals surface area contributed by atoms with E-state index in [0.717, 1.165) is 18.5 Å². The minimum Gasteiger partial charge on any atom is -0.384 e. The lowest BCUT2D eigenvalue weighted by Crippen LogP contribution is -2.37. The highest BCUT2D eigenvalue weighted by atomic mass is 79.9. The Hall–Kier alpha value is -0.540. The van der Waals surface area contributed by atoms with Crippen molar-refractivity contribution >= 4 is 21.6 Å². The molecule has 3 heteroatoms. The van der Waals surface area contributed by atoms with Gasteiger partial charge in [0.05, 0.1) is 6.61 Å². The molecule has 94 valence electrons. The van der Waals surface area contributed by atoms with E-state index in [4.69, 9.17) is 4.74 Å². The molecule has 1 heterocycles. The largest absolute Gasteiger partial charge is 0.384 e. The summed E-state index contributed by atoms with van der Waals surface area (Å²) in [6.45, 7) is 3.19. The normalized spacial score (nSPS) is 20.6. The van der Waals surface area contributed by atoms with Gasteiger partial charge in [-0.3, -0.25) is 0 Å². The molecule has 0 amide bonds. The van der Waals surface area contributed by atoms with Gasteiger partial charge in [0.15, 0.2) is 0 Å². The van der Waals surface area contributed by atoms with Crippen molar-refractivity contribution in [1.82, 2.24) is 0 Å². The van der Waals surface area contributed by atoms with Gasteiger partial charge in [0.2, 0.25) is 0 Å². The number of hydrogen-bond donors (Lipinski definition) is 0. The first kappa shape index (κ1) is 12.9. The molecule has 1 aromatic rings. The van der Waals surface area contributed by atoms with Crippen molar-refractivity contribution in [2.24, 2.45) is 5.92 Å². The third kappa shape index (κ3) is 3.46. The van der Waals surface area contributed by atoms with E-state index in [0.29, 0.717) is 5.92 Å². The molecule has 0 bridgehead atoms. The van der Waals surface area contributed by atoms with Gasteiger partial charge >= 0.3 is 0 Å². The van der Waals surface area contributed by atoms with Gasteiger partial charge in [-0.25, -0.2) is 0 Å². The Balaban J connectivity index is 2.00. The average molecular weight is 298 g/mol. The van der Waals surface area contributed by atoms with Crippen molar-refractivity contribution in [2.45, 2.75) is 18.2 Å². The van der Waals surface area contributed by atoms with Crippen LogP contribution in [-0.2, 0) is 10.1 Å². The van der Waals surface area contributed by atoms with Gasteiger partial charge in [0.1, 0.15) is 0 Å². The Bertz CT molecular complexity index is 337. The van der Waals surface area contributed by atoms with E-state index < -0.39 is 0 Å². The second-order valence-corrected chi connectivity index (χ2v) is 5.27. The van der Waals surface area contributed by atoms with Gasteiger partial charge in [-0.2, -0.15) is 0 Å². The average Bonchev–Trinajstić information content (AvgIpc) is 2.40. The molecule has 0 aromatic heterocycles. The van der Waals surface area contributed by atoms with Gasteiger partial charge in [-0.05, 0) is 36.5 Å². The van der Waals surface area contributed by atoms with Crippen molar-refractivity contribution in [3.63, 3.8) is 0 Å². The second-order valence-electron chi connectivity index (χ2n) is 4.71. The van der Waals surface area contributed by atoms with Crippen molar-refractivity contribution in [1.29, 1.82) is 0 Å². The third-order valence-corrected chi connectivity index (χ3v) is 4.02. The molecule has 0 N–H and O–H groups in total. The van der Waals surface area contributed by atoms with E-state index in [2.05, 4.69) is 45.1 Å². The number of benzene rings is 1. The maximum atomic E-state index is 5.27. The first-order chi connectivity index (χ1) is 8.33. The van der Waals surface area contributed by atoms with Gasteiger partial charge in [-0.1, -0.05) is 28.1 Å². The van der Waals surface area contributed by atoms with Gasteiger partial charge in [0.25, 0.3) is 0 Å². The van der Waals surface area contributed by atoms with E-state index in [-0.39, 0.29) is 0 Å². The van der Waals surface area contributed by atoms with Crippen LogP contribution in [0.4, 0.5) is 5.69 Å². The Morgan fingerprint density at radius 3 is 2.76 bits per heavy atom. The van der Waals surface area contributed by atoms with Crippen molar-refractivity contribution in [3.05, 3.63) is 29.8 Å². The first-order valence-electron chi connectivity index (χ1n) is 6.22. The number of nitrogens with zero attached hydrogens (tertiary/aromatic N) is 1. The zero-order valence-electron chi connectivity index (χ0n) is 10.4. The summed E-state index contributed by atoms with van der Waals surface area (Å²) in [5, 5.41) is 0.930. The van der Waals surface area contributed by atoms with E-state index in [1.807, 2.05) is 0 Å². The Kier molecular flexibility index (Phi) is 4.86. The summed E-state index contributed by atoms with van der Waals surface area (Å²) in [5.74, 6) is 0.685. The van der Waals surface area contributed by atoms with Crippen LogP contribution in [0.3, 0.4) is 0 Å². The molecule has 2 rings (SSSR count). The summed E-state index contributed by atoms with van der Waals surface area (Å²) in [6.07, 6.45) is 2.57. The van der Waals surface area contributed by atoms with Gasteiger partial charge in [0, 0.05) is 31.2 Å². The molecule has 1 fully saturated rings. The van der Waals surface area contributed by atoms with Crippen LogP contribution in [0.15, 0.2) is 24.3 Å². The minimum atomic E-state index is 0.685. The van der Waals surface area contributed by atoms with Gasteiger partial charge < -0.3 is 9.64 Å². The molecular weight excluding hydrogens is 278 g/mol. The molecule has 1 aliphatic heterocycles. The van der Waals surface area contributed by atoms with Crippen LogP contribution in [0, 0.1) is 5.92 Å². The predicted octanol–water partition coefficient (Wildman–Crippen LogP) is 3.44. The van der Waals surface area contributed by atoms with E-state index in [1.165, 1.54) is 30.6 Å². The standard InChI is InChI=1S/C14H20BrNO/c1-17-11-13-3-2-8-16(10-13)14-6-4-12(9-15)5-7-14/h4-7,13H,2-3,8-11H2,1H3. The molecule has 1 atom stereocenters. The van der Waals surface area contributed by atoms with Crippen LogP contribution < -0.4 is 4.90 Å². The lowest BCUT2D eigenvalue weighted by Gasteiger charge is -2.34. The van der Waals surface area contributed by atoms with Crippen molar-refractivity contribution in [3.8, 4) is 0 Å². The number of halogens is 1. The molecule has 1 aliphatic rings. The molecule has 2 nitrogen and oxygen atoms in total. The van der Waals surface area contributed by atoms with Crippen LogP contribution >= 0.6 is 15.9 Å². The van der Waals surface area contributed by atoms with Crippen molar-refractivity contribution < 1.29 is 4.74 Å². The fraction of sp³-hybridized carbons (Fsp3) is 0.571. The van der Waals surface area contributed by atoms with Crippen LogP contribution in [0.25, 0.3) is 0 Å². The summed E-state index contributed by atoms with van der Waals surface area (Å²) >= 11 is 3.48. The highest BCUT2D eigenvalue weighted by Crippen LogP contribution is 2.24. The summed E-state index contributed by atoms with van der Waals surface area (Å²) in [4.78, 5) is 2.48. The van der Waals surface area contributed by atoms with E-state index in [9.17, 15) is 0 Å². The lowest BCUT2D eigenvalue weighted by atomic mass is 9.98. The smallest absolute Gasteiger partial charge is 0.0507 e. The molecule has 17 heavy (non-hydrogen) atoms. The number of anilines is 1. The minimum absolute atomic E-state index is 0.685. The Labute approximate surface area is 112 Å². The predicted molar refractivity (Wildman–Crippen MR) is 75.9 cm³/mol.